The topological polar surface area (TPSA) is 76.1 Å². The molecule has 91 valence electrons. The number of hydrogen-bond donors (Lipinski definition) is 4. The zero-order valence-electron chi connectivity index (χ0n) is 10.1. The standard InChI is InChI=1S/C11H27N4/c1-3-5-7-8-10(12)15-11(13)14-9-6-4-2/h8,10-11,14-15H,3-7,9,12-13H2,1-2H3. The van der Waals surface area contributed by atoms with Gasteiger partial charge in [0, 0.05) is 0 Å². The van der Waals surface area contributed by atoms with Gasteiger partial charge in [-0.1, -0.05) is 33.1 Å². The van der Waals surface area contributed by atoms with Gasteiger partial charge in [0.1, 0.15) is 6.29 Å². The van der Waals surface area contributed by atoms with E-state index in [1.807, 2.05) is 0 Å². The van der Waals surface area contributed by atoms with Crippen molar-refractivity contribution >= 4 is 0 Å². The van der Waals surface area contributed by atoms with Crippen molar-refractivity contribution in [1.29, 1.82) is 0 Å². The highest BCUT2D eigenvalue weighted by Crippen LogP contribution is 1.98. The highest BCUT2D eigenvalue weighted by Gasteiger charge is 2.06. The van der Waals surface area contributed by atoms with Crippen molar-refractivity contribution < 1.29 is 0 Å². The van der Waals surface area contributed by atoms with Gasteiger partial charge < -0.3 is 11.5 Å². The number of nitrogens with one attached hydrogen (secondary N) is 2. The molecular weight excluding hydrogens is 188 g/mol. The van der Waals surface area contributed by atoms with E-state index in [2.05, 4.69) is 30.9 Å². The van der Waals surface area contributed by atoms with Crippen LogP contribution in [0.15, 0.2) is 0 Å². The molecule has 0 aliphatic carbocycles. The Bertz CT molecular complexity index is 116. The SMILES string of the molecule is CCCC[CH]C(N)NC(N)NCCCC. The zero-order valence-corrected chi connectivity index (χ0v) is 10.1. The Balaban J connectivity index is 3.35. The molecule has 2 unspecified atom stereocenters. The van der Waals surface area contributed by atoms with Crippen LogP contribution in [-0.2, 0) is 0 Å². The summed E-state index contributed by atoms with van der Waals surface area (Å²) in [4.78, 5) is 0. The Morgan fingerprint density at radius 3 is 2.40 bits per heavy atom. The number of nitrogens with two attached hydrogens (primary N) is 2. The number of unbranched alkanes of at least 4 members (excludes halogenated alkanes) is 3. The Kier molecular flexibility index (Phi) is 10.3. The van der Waals surface area contributed by atoms with E-state index in [0.717, 1.165) is 19.4 Å². The molecule has 0 aliphatic rings. The Morgan fingerprint density at radius 2 is 1.80 bits per heavy atom. The molecule has 0 aromatic heterocycles. The van der Waals surface area contributed by atoms with Gasteiger partial charge in [0.25, 0.3) is 0 Å². The van der Waals surface area contributed by atoms with Crippen molar-refractivity contribution in [3.05, 3.63) is 6.42 Å². The smallest absolute Gasteiger partial charge is 0.110 e. The maximum absolute atomic E-state index is 5.83. The van der Waals surface area contributed by atoms with Gasteiger partial charge in [0.15, 0.2) is 0 Å². The molecule has 4 heteroatoms. The largest absolute Gasteiger partial charge is 0.316 e. The quantitative estimate of drug-likeness (QED) is 0.322. The number of hydrogen-bond acceptors (Lipinski definition) is 4. The van der Waals surface area contributed by atoms with Crippen LogP contribution in [0.3, 0.4) is 0 Å². The third-order valence-electron chi connectivity index (χ3n) is 2.24. The predicted octanol–water partition coefficient (Wildman–Crippen LogP) is 0.887. The van der Waals surface area contributed by atoms with Crippen LogP contribution in [0.25, 0.3) is 0 Å². The second-order valence-electron chi connectivity index (χ2n) is 3.86. The van der Waals surface area contributed by atoms with E-state index < -0.39 is 0 Å². The molecule has 0 bridgehead atoms. The summed E-state index contributed by atoms with van der Waals surface area (Å²) in [5.41, 5.74) is 11.6. The van der Waals surface area contributed by atoms with Gasteiger partial charge in [-0.2, -0.15) is 0 Å². The third-order valence-corrected chi connectivity index (χ3v) is 2.24. The summed E-state index contributed by atoms with van der Waals surface area (Å²) in [5.74, 6) is 0. The monoisotopic (exact) mass is 215 g/mol. The van der Waals surface area contributed by atoms with Crippen LogP contribution < -0.4 is 22.1 Å². The molecule has 0 heterocycles. The molecule has 0 aromatic carbocycles. The maximum atomic E-state index is 5.83. The van der Waals surface area contributed by atoms with Crippen molar-refractivity contribution in [3.63, 3.8) is 0 Å². The van der Waals surface area contributed by atoms with Gasteiger partial charge in [-0.3, -0.25) is 10.6 Å². The average molecular weight is 215 g/mol. The number of rotatable bonds is 10. The summed E-state index contributed by atoms with van der Waals surface area (Å²) in [6.07, 6.45) is 7.51. The van der Waals surface area contributed by atoms with Gasteiger partial charge in [0.05, 0.1) is 6.17 Å². The normalized spacial score (nSPS) is 15.2. The van der Waals surface area contributed by atoms with Crippen molar-refractivity contribution in [1.82, 2.24) is 10.6 Å². The van der Waals surface area contributed by atoms with Crippen LogP contribution in [0.1, 0.15) is 46.0 Å². The first-order valence-electron chi connectivity index (χ1n) is 6.04. The molecule has 0 saturated carbocycles. The summed E-state index contributed by atoms with van der Waals surface area (Å²) < 4.78 is 0. The molecule has 6 N–H and O–H groups in total. The van der Waals surface area contributed by atoms with Crippen molar-refractivity contribution in [3.8, 4) is 0 Å². The molecule has 2 atom stereocenters. The molecule has 0 aliphatic heterocycles. The summed E-state index contributed by atoms with van der Waals surface area (Å²) in [5, 5.41) is 6.26. The van der Waals surface area contributed by atoms with E-state index in [1.54, 1.807) is 0 Å². The Labute approximate surface area is 94.2 Å². The molecule has 0 saturated heterocycles. The minimum absolute atomic E-state index is 0.110. The molecule has 0 amide bonds. The van der Waals surface area contributed by atoms with Crippen LogP contribution in [0.2, 0.25) is 0 Å². The Hall–Kier alpha value is -0.160. The first-order valence-corrected chi connectivity index (χ1v) is 6.04. The van der Waals surface area contributed by atoms with E-state index in [1.165, 1.54) is 19.3 Å². The summed E-state index contributed by atoms with van der Waals surface area (Å²) in [6, 6.07) is 0. The Morgan fingerprint density at radius 1 is 1.13 bits per heavy atom. The van der Waals surface area contributed by atoms with E-state index in [-0.39, 0.29) is 12.5 Å². The van der Waals surface area contributed by atoms with Crippen LogP contribution >= 0.6 is 0 Å². The highest BCUT2D eigenvalue weighted by atomic mass is 15.3. The fourth-order valence-corrected chi connectivity index (χ4v) is 1.27. The van der Waals surface area contributed by atoms with E-state index >= 15 is 0 Å². The molecule has 4 nitrogen and oxygen atoms in total. The van der Waals surface area contributed by atoms with Gasteiger partial charge in [-0.15, -0.1) is 0 Å². The van der Waals surface area contributed by atoms with Gasteiger partial charge >= 0.3 is 0 Å². The highest BCUT2D eigenvalue weighted by molar-refractivity contribution is 4.78. The van der Waals surface area contributed by atoms with Gasteiger partial charge in [-0.25, -0.2) is 0 Å². The van der Waals surface area contributed by atoms with Crippen molar-refractivity contribution in [2.75, 3.05) is 6.54 Å². The summed E-state index contributed by atoms with van der Waals surface area (Å²) in [6.45, 7) is 5.27. The fourth-order valence-electron chi connectivity index (χ4n) is 1.27. The second kappa shape index (κ2) is 10.4. The summed E-state index contributed by atoms with van der Waals surface area (Å²) >= 11 is 0. The average Bonchev–Trinajstić information content (AvgIpc) is 2.18. The van der Waals surface area contributed by atoms with E-state index in [4.69, 9.17) is 11.5 Å². The van der Waals surface area contributed by atoms with Crippen molar-refractivity contribution in [2.24, 2.45) is 11.5 Å². The van der Waals surface area contributed by atoms with Gasteiger partial charge in [-0.05, 0) is 25.8 Å². The van der Waals surface area contributed by atoms with Crippen molar-refractivity contribution in [2.45, 2.75) is 58.4 Å². The molecule has 0 aromatic rings. The lowest BCUT2D eigenvalue weighted by molar-refractivity contribution is 0.393. The fraction of sp³-hybridized carbons (Fsp3) is 0.909. The minimum Gasteiger partial charge on any atom is -0.316 e. The lowest BCUT2D eigenvalue weighted by Crippen LogP contribution is -2.56. The van der Waals surface area contributed by atoms with E-state index in [0.29, 0.717) is 0 Å². The van der Waals surface area contributed by atoms with Crippen LogP contribution in [0.4, 0.5) is 0 Å². The molecule has 0 rings (SSSR count). The van der Waals surface area contributed by atoms with Gasteiger partial charge in [0.2, 0.25) is 0 Å². The summed E-state index contributed by atoms with van der Waals surface area (Å²) in [7, 11) is 0. The first-order chi connectivity index (χ1) is 7.20. The lowest BCUT2D eigenvalue weighted by Gasteiger charge is -2.20. The minimum atomic E-state index is -0.204. The van der Waals surface area contributed by atoms with Crippen LogP contribution in [-0.4, -0.2) is 19.0 Å². The maximum Gasteiger partial charge on any atom is 0.110 e. The molecule has 0 spiro atoms. The van der Waals surface area contributed by atoms with Crippen LogP contribution in [0.5, 0.6) is 0 Å². The molecule has 15 heavy (non-hydrogen) atoms. The predicted molar refractivity (Wildman–Crippen MR) is 65.8 cm³/mol. The molecule has 1 radical (unpaired) electrons. The lowest BCUT2D eigenvalue weighted by atomic mass is 10.2. The molecule has 0 fully saturated rings. The molecular formula is C11H27N4. The zero-order chi connectivity index (χ0) is 11.5. The third kappa shape index (κ3) is 10.1. The van der Waals surface area contributed by atoms with E-state index in [9.17, 15) is 0 Å². The second-order valence-corrected chi connectivity index (χ2v) is 3.86. The first kappa shape index (κ1) is 14.8. The van der Waals surface area contributed by atoms with Crippen LogP contribution in [0, 0.1) is 6.42 Å².